The Morgan fingerprint density at radius 1 is 0.406 bits per heavy atom. The molecular formula is C23H50N2O7. The van der Waals surface area contributed by atoms with Gasteiger partial charge in [0.2, 0.25) is 0 Å². The van der Waals surface area contributed by atoms with Gasteiger partial charge in [0.1, 0.15) is 0 Å². The third-order valence-electron chi connectivity index (χ3n) is 4.21. The van der Waals surface area contributed by atoms with Crippen LogP contribution in [0.25, 0.3) is 0 Å². The zero-order chi connectivity index (χ0) is 24.4. The first kappa shape index (κ1) is 31.6. The largest absolute Gasteiger partial charge is 0.377 e. The van der Waals surface area contributed by atoms with Crippen LogP contribution < -0.4 is 11.5 Å². The molecule has 0 spiro atoms. The summed E-state index contributed by atoms with van der Waals surface area (Å²) >= 11 is 0. The van der Waals surface area contributed by atoms with Crippen LogP contribution in [0.5, 0.6) is 0 Å². The van der Waals surface area contributed by atoms with Crippen LogP contribution in [0.4, 0.5) is 0 Å². The van der Waals surface area contributed by atoms with Gasteiger partial charge in [0.15, 0.2) is 0 Å². The summed E-state index contributed by atoms with van der Waals surface area (Å²) in [7, 11) is 0. The minimum Gasteiger partial charge on any atom is -0.377 e. The number of nitrogens with two attached hydrogens (primary N) is 2. The van der Waals surface area contributed by atoms with E-state index in [0.29, 0.717) is 59.5 Å². The standard InChI is InChI=1S/C23H50N2O7/c1-17(24)10-27-13-20(4)31-16-23(7)32-14-21(5)28-9-8-26-12-19(3)30-15-22(6)29-11-18(2)25/h17-23H,8-16,24-25H2,1-7H3. The Morgan fingerprint density at radius 2 is 0.781 bits per heavy atom. The first-order chi connectivity index (χ1) is 15.1. The van der Waals surface area contributed by atoms with Gasteiger partial charge in [0.05, 0.1) is 90.0 Å². The number of hydrogen-bond donors (Lipinski definition) is 2. The van der Waals surface area contributed by atoms with E-state index in [9.17, 15) is 0 Å². The fourth-order valence-corrected chi connectivity index (χ4v) is 2.43. The van der Waals surface area contributed by atoms with Gasteiger partial charge in [-0.05, 0) is 48.5 Å². The maximum atomic E-state index is 5.79. The van der Waals surface area contributed by atoms with Gasteiger partial charge in [-0.2, -0.15) is 0 Å². The predicted molar refractivity (Wildman–Crippen MR) is 126 cm³/mol. The van der Waals surface area contributed by atoms with Gasteiger partial charge in [-0.15, -0.1) is 0 Å². The summed E-state index contributed by atoms with van der Waals surface area (Å²) in [5.74, 6) is 0. The van der Waals surface area contributed by atoms with Crippen molar-refractivity contribution in [2.45, 2.75) is 91.1 Å². The van der Waals surface area contributed by atoms with Crippen molar-refractivity contribution in [2.75, 3.05) is 59.5 Å². The molecule has 0 amide bonds. The third-order valence-corrected chi connectivity index (χ3v) is 4.21. The Hall–Kier alpha value is -0.360. The molecule has 0 radical (unpaired) electrons. The summed E-state index contributed by atoms with van der Waals surface area (Å²) in [5.41, 5.74) is 11.3. The monoisotopic (exact) mass is 466 g/mol. The SMILES string of the molecule is CC(N)COCC(C)OCC(C)OCC(C)OCCOCC(C)OCC(C)OCC(C)N. The molecular weight excluding hydrogens is 416 g/mol. The van der Waals surface area contributed by atoms with Crippen LogP contribution in [-0.2, 0) is 33.2 Å². The zero-order valence-electron chi connectivity index (χ0n) is 21.4. The van der Waals surface area contributed by atoms with E-state index in [-0.39, 0.29) is 42.6 Å². The van der Waals surface area contributed by atoms with Gasteiger partial charge in [0, 0.05) is 12.1 Å². The lowest BCUT2D eigenvalue weighted by Crippen LogP contribution is -2.29. The fourth-order valence-electron chi connectivity index (χ4n) is 2.43. The molecule has 4 N–H and O–H groups in total. The molecule has 0 bridgehead atoms. The molecule has 0 aliphatic carbocycles. The van der Waals surface area contributed by atoms with E-state index >= 15 is 0 Å². The van der Waals surface area contributed by atoms with Gasteiger partial charge in [-0.25, -0.2) is 0 Å². The van der Waals surface area contributed by atoms with Crippen LogP contribution in [0.1, 0.15) is 48.5 Å². The Morgan fingerprint density at radius 3 is 1.25 bits per heavy atom. The maximum absolute atomic E-state index is 5.79. The molecule has 7 unspecified atom stereocenters. The van der Waals surface area contributed by atoms with Crippen LogP contribution in [0.3, 0.4) is 0 Å². The summed E-state index contributed by atoms with van der Waals surface area (Å²) in [6, 6.07) is 0.0645. The molecule has 0 aromatic carbocycles. The summed E-state index contributed by atoms with van der Waals surface area (Å²) in [6.45, 7) is 18.3. The van der Waals surface area contributed by atoms with E-state index in [1.54, 1.807) is 0 Å². The van der Waals surface area contributed by atoms with Gasteiger partial charge in [0.25, 0.3) is 0 Å². The van der Waals surface area contributed by atoms with Gasteiger partial charge in [-0.3, -0.25) is 0 Å². The van der Waals surface area contributed by atoms with Gasteiger partial charge < -0.3 is 44.6 Å². The molecule has 0 fully saturated rings. The molecule has 0 heterocycles. The first-order valence-corrected chi connectivity index (χ1v) is 11.8. The van der Waals surface area contributed by atoms with Crippen molar-refractivity contribution in [3.63, 3.8) is 0 Å². The molecule has 0 aromatic heterocycles. The lowest BCUT2D eigenvalue weighted by atomic mass is 10.3. The molecule has 0 rings (SSSR count). The molecule has 194 valence electrons. The summed E-state index contributed by atoms with van der Waals surface area (Å²) < 4.78 is 39.6. The Kier molecular flexibility index (Phi) is 19.8. The van der Waals surface area contributed by atoms with Crippen LogP contribution >= 0.6 is 0 Å². The Labute approximate surface area is 195 Å². The maximum Gasteiger partial charge on any atom is 0.0781 e. The van der Waals surface area contributed by atoms with E-state index in [4.69, 9.17) is 44.6 Å². The summed E-state index contributed by atoms with van der Waals surface area (Å²) in [5, 5.41) is 0. The van der Waals surface area contributed by atoms with Crippen LogP contribution in [0.2, 0.25) is 0 Å². The van der Waals surface area contributed by atoms with Crippen LogP contribution in [0, 0.1) is 0 Å². The van der Waals surface area contributed by atoms with E-state index in [0.717, 1.165) is 0 Å². The van der Waals surface area contributed by atoms with Crippen LogP contribution in [0.15, 0.2) is 0 Å². The summed E-state index contributed by atoms with van der Waals surface area (Å²) in [4.78, 5) is 0. The number of rotatable bonds is 22. The average molecular weight is 467 g/mol. The normalized spacial score (nSPS) is 18.7. The molecule has 0 saturated heterocycles. The van der Waals surface area contributed by atoms with Crippen molar-refractivity contribution >= 4 is 0 Å². The molecule has 9 heteroatoms. The second-order valence-electron chi connectivity index (χ2n) is 8.82. The van der Waals surface area contributed by atoms with E-state index in [1.807, 2.05) is 48.5 Å². The highest BCUT2D eigenvalue weighted by atomic mass is 16.6. The fraction of sp³-hybridized carbons (Fsp3) is 1.00. The molecule has 32 heavy (non-hydrogen) atoms. The molecule has 0 aliphatic heterocycles. The highest BCUT2D eigenvalue weighted by Gasteiger charge is 2.11. The van der Waals surface area contributed by atoms with Gasteiger partial charge >= 0.3 is 0 Å². The molecule has 9 nitrogen and oxygen atoms in total. The summed E-state index contributed by atoms with van der Waals surface area (Å²) in [6.07, 6.45) is -0.0427. The quantitative estimate of drug-likeness (QED) is 0.230. The van der Waals surface area contributed by atoms with Crippen LogP contribution in [-0.4, -0.2) is 102 Å². The second-order valence-corrected chi connectivity index (χ2v) is 8.82. The predicted octanol–water partition coefficient (Wildman–Crippen LogP) is 1.74. The topological polar surface area (TPSA) is 117 Å². The van der Waals surface area contributed by atoms with E-state index < -0.39 is 0 Å². The number of hydrogen-bond acceptors (Lipinski definition) is 9. The van der Waals surface area contributed by atoms with Crippen molar-refractivity contribution in [3.8, 4) is 0 Å². The highest BCUT2D eigenvalue weighted by Crippen LogP contribution is 2.02. The molecule has 7 atom stereocenters. The van der Waals surface area contributed by atoms with Gasteiger partial charge in [-0.1, -0.05) is 0 Å². The lowest BCUT2D eigenvalue weighted by Gasteiger charge is -2.20. The number of ether oxygens (including phenoxy) is 7. The zero-order valence-corrected chi connectivity index (χ0v) is 21.4. The van der Waals surface area contributed by atoms with Crippen molar-refractivity contribution in [2.24, 2.45) is 11.5 Å². The van der Waals surface area contributed by atoms with Crippen molar-refractivity contribution in [1.82, 2.24) is 0 Å². The molecule has 0 aromatic rings. The second kappa shape index (κ2) is 20.1. The molecule has 0 aliphatic rings. The highest BCUT2D eigenvalue weighted by molar-refractivity contribution is 4.58. The van der Waals surface area contributed by atoms with Crippen molar-refractivity contribution in [3.05, 3.63) is 0 Å². The Bertz CT molecular complexity index is 416. The van der Waals surface area contributed by atoms with E-state index in [1.165, 1.54) is 0 Å². The minimum absolute atomic E-state index is 0.00219. The smallest absolute Gasteiger partial charge is 0.0781 e. The van der Waals surface area contributed by atoms with E-state index in [2.05, 4.69) is 0 Å². The average Bonchev–Trinajstić information content (AvgIpc) is 2.72. The first-order valence-electron chi connectivity index (χ1n) is 11.8. The minimum atomic E-state index is -0.0237. The van der Waals surface area contributed by atoms with Crippen molar-refractivity contribution < 1.29 is 33.2 Å². The Balaban J connectivity index is 3.63. The third kappa shape index (κ3) is 21.5. The lowest BCUT2D eigenvalue weighted by molar-refractivity contribution is -0.0899. The molecule has 0 saturated carbocycles. The van der Waals surface area contributed by atoms with Crippen molar-refractivity contribution in [1.29, 1.82) is 0 Å².